The molecule has 4 rings (SSSR count). The van der Waals surface area contributed by atoms with Gasteiger partial charge in [0.1, 0.15) is 11.5 Å². The number of anilines is 1. The lowest BCUT2D eigenvalue weighted by molar-refractivity contribution is -0.142. The van der Waals surface area contributed by atoms with Gasteiger partial charge in [0.25, 0.3) is 11.8 Å². The van der Waals surface area contributed by atoms with Crippen molar-refractivity contribution in [2.24, 2.45) is 0 Å². The maximum atomic E-state index is 13.4. The van der Waals surface area contributed by atoms with E-state index in [0.717, 1.165) is 4.90 Å². The lowest BCUT2D eigenvalue weighted by atomic mass is 9.98. The van der Waals surface area contributed by atoms with Gasteiger partial charge in [-0.15, -0.1) is 0 Å². The molecule has 0 aromatic heterocycles. The van der Waals surface area contributed by atoms with Gasteiger partial charge < -0.3 is 14.6 Å². The van der Waals surface area contributed by atoms with Crippen molar-refractivity contribution in [3.63, 3.8) is 0 Å². The summed E-state index contributed by atoms with van der Waals surface area (Å²) in [4.78, 5) is 39.5. The van der Waals surface area contributed by atoms with E-state index in [1.165, 1.54) is 18.2 Å². The van der Waals surface area contributed by atoms with Crippen LogP contribution in [0.5, 0.6) is 11.5 Å². The number of phenols is 1. The third kappa shape index (κ3) is 3.54. The Kier molecular flexibility index (Phi) is 5.76. The zero-order chi connectivity index (χ0) is 23.0. The van der Waals surface area contributed by atoms with Crippen LogP contribution in [0.4, 0.5) is 5.69 Å². The van der Waals surface area contributed by atoms with Crippen LogP contribution in [-0.4, -0.2) is 36.1 Å². The molecule has 0 bridgehead atoms. The van der Waals surface area contributed by atoms with Crippen LogP contribution in [0.25, 0.3) is 10.8 Å². The summed E-state index contributed by atoms with van der Waals surface area (Å²) >= 11 is 6.42. The number of fused-ring (bicyclic) bond motifs is 3. The van der Waals surface area contributed by atoms with Gasteiger partial charge in [-0.25, -0.2) is 4.90 Å². The van der Waals surface area contributed by atoms with Crippen molar-refractivity contribution in [2.75, 3.05) is 18.1 Å². The minimum Gasteiger partial charge on any atom is -0.507 e. The van der Waals surface area contributed by atoms with Gasteiger partial charge in [0.15, 0.2) is 0 Å². The summed E-state index contributed by atoms with van der Waals surface area (Å²) in [6.45, 7) is 4.05. The van der Waals surface area contributed by atoms with E-state index >= 15 is 0 Å². The third-order valence-electron chi connectivity index (χ3n) is 5.15. The third-order valence-corrected chi connectivity index (χ3v) is 5.45. The van der Waals surface area contributed by atoms with Gasteiger partial charge in [-0.2, -0.15) is 0 Å². The number of imide groups is 1. The quantitative estimate of drug-likeness (QED) is 0.436. The molecule has 164 valence electrons. The van der Waals surface area contributed by atoms with Crippen LogP contribution in [-0.2, 0) is 16.0 Å². The Morgan fingerprint density at radius 1 is 1.03 bits per heavy atom. The molecule has 0 atom stereocenters. The second kappa shape index (κ2) is 8.51. The average Bonchev–Trinajstić information content (AvgIpc) is 3.00. The summed E-state index contributed by atoms with van der Waals surface area (Å²) in [6, 6.07) is 11.1. The summed E-state index contributed by atoms with van der Waals surface area (Å²) < 4.78 is 10.6. The van der Waals surface area contributed by atoms with Crippen LogP contribution in [0.3, 0.4) is 0 Å². The fourth-order valence-corrected chi connectivity index (χ4v) is 4.15. The normalized spacial score (nSPS) is 12.9. The van der Waals surface area contributed by atoms with E-state index in [4.69, 9.17) is 21.1 Å². The predicted molar refractivity (Wildman–Crippen MR) is 120 cm³/mol. The molecular formula is C24H20ClNO6. The first-order valence-corrected chi connectivity index (χ1v) is 10.5. The minimum atomic E-state index is -0.613. The first-order chi connectivity index (χ1) is 15.4. The summed E-state index contributed by atoms with van der Waals surface area (Å²) in [5.41, 5.74) is 0.918. The lowest BCUT2D eigenvalue weighted by Crippen LogP contribution is -2.29. The standard InChI is InChI=1S/C24H20ClNO6/c1-3-31-18-12-14-6-5-7-17(27)20(14)22-21(18)23(29)26(24(22)30)16-9-8-13(10-15(16)25)11-19(28)32-4-2/h5-10,12,27H,3-4,11H2,1-2H3. The van der Waals surface area contributed by atoms with Gasteiger partial charge in [-0.05, 0) is 49.1 Å². The number of aromatic hydroxyl groups is 1. The molecule has 1 N–H and O–H groups in total. The average molecular weight is 454 g/mol. The van der Waals surface area contributed by atoms with Crippen molar-refractivity contribution >= 4 is 45.8 Å². The van der Waals surface area contributed by atoms with Gasteiger partial charge in [-0.3, -0.25) is 14.4 Å². The van der Waals surface area contributed by atoms with Crippen LogP contribution in [0.1, 0.15) is 40.1 Å². The fourth-order valence-electron chi connectivity index (χ4n) is 3.86. The molecule has 0 saturated heterocycles. The van der Waals surface area contributed by atoms with Gasteiger partial charge in [0, 0.05) is 5.39 Å². The van der Waals surface area contributed by atoms with E-state index in [9.17, 15) is 19.5 Å². The van der Waals surface area contributed by atoms with Gasteiger partial charge in [0.2, 0.25) is 0 Å². The summed E-state index contributed by atoms with van der Waals surface area (Å²) in [6.07, 6.45) is 0.0168. The van der Waals surface area contributed by atoms with E-state index in [0.29, 0.717) is 17.6 Å². The van der Waals surface area contributed by atoms with E-state index in [1.54, 1.807) is 38.1 Å². The second-order valence-electron chi connectivity index (χ2n) is 7.15. The molecule has 3 aromatic rings. The highest BCUT2D eigenvalue weighted by Crippen LogP contribution is 2.43. The number of benzene rings is 3. The highest BCUT2D eigenvalue weighted by atomic mass is 35.5. The van der Waals surface area contributed by atoms with Crippen molar-refractivity contribution in [1.82, 2.24) is 0 Å². The number of nitrogens with zero attached hydrogens (tertiary/aromatic N) is 1. The number of ether oxygens (including phenoxy) is 2. The fraction of sp³-hybridized carbons (Fsp3) is 0.208. The summed E-state index contributed by atoms with van der Waals surface area (Å²) in [7, 11) is 0. The Labute approximate surface area is 189 Å². The van der Waals surface area contributed by atoms with Crippen molar-refractivity contribution in [2.45, 2.75) is 20.3 Å². The molecule has 0 fully saturated rings. The Bertz CT molecular complexity index is 1270. The van der Waals surface area contributed by atoms with Crippen LogP contribution in [0, 0.1) is 0 Å². The molecule has 0 saturated carbocycles. The molecule has 2 amide bonds. The van der Waals surface area contributed by atoms with E-state index in [1.807, 2.05) is 0 Å². The van der Waals surface area contributed by atoms with Crippen molar-refractivity contribution in [3.05, 3.63) is 64.2 Å². The maximum Gasteiger partial charge on any atom is 0.310 e. The van der Waals surface area contributed by atoms with Crippen molar-refractivity contribution in [3.8, 4) is 11.5 Å². The molecule has 32 heavy (non-hydrogen) atoms. The molecular weight excluding hydrogens is 434 g/mol. The minimum absolute atomic E-state index is 0.0168. The Morgan fingerprint density at radius 2 is 1.78 bits per heavy atom. The molecule has 1 heterocycles. The second-order valence-corrected chi connectivity index (χ2v) is 7.55. The largest absolute Gasteiger partial charge is 0.507 e. The first kappa shape index (κ1) is 21.6. The van der Waals surface area contributed by atoms with Crippen LogP contribution >= 0.6 is 11.6 Å². The molecule has 0 unspecified atom stereocenters. The van der Waals surface area contributed by atoms with Gasteiger partial charge in [-0.1, -0.05) is 29.8 Å². The molecule has 8 heteroatoms. The van der Waals surface area contributed by atoms with Gasteiger partial charge in [0.05, 0.1) is 41.5 Å². The smallest absolute Gasteiger partial charge is 0.310 e. The SMILES string of the molecule is CCOC(=O)Cc1ccc(N2C(=O)c3c(OCC)cc4cccc(O)c4c3C2=O)c(Cl)c1. The molecule has 1 aliphatic rings. The molecule has 0 aliphatic carbocycles. The number of carbonyl (C=O) groups excluding carboxylic acids is 3. The number of phenolic OH excluding ortho intramolecular Hbond substituents is 1. The predicted octanol–water partition coefficient (Wildman–Crippen LogP) is 4.50. The van der Waals surface area contributed by atoms with E-state index in [2.05, 4.69) is 0 Å². The molecule has 3 aromatic carbocycles. The highest BCUT2D eigenvalue weighted by Gasteiger charge is 2.42. The van der Waals surface area contributed by atoms with E-state index in [-0.39, 0.29) is 51.7 Å². The summed E-state index contributed by atoms with van der Waals surface area (Å²) in [5.74, 6) is -1.46. The zero-order valence-electron chi connectivity index (χ0n) is 17.5. The number of halogens is 1. The Morgan fingerprint density at radius 3 is 2.47 bits per heavy atom. The number of carbonyl (C=O) groups is 3. The number of hydrogen-bond donors (Lipinski definition) is 1. The topological polar surface area (TPSA) is 93.1 Å². The first-order valence-electron chi connectivity index (χ1n) is 10.1. The number of esters is 1. The Hall–Kier alpha value is -3.58. The lowest BCUT2D eigenvalue weighted by Gasteiger charge is -2.16. The van der Waals surface area contributed by atoms with Gasteiger partial charge >= 0.3 is 5.97 Å². The van der Waals surface area contributed by atoms with E-state index < -0.39 is 17.8 Å². The highest BCUT2D eigenvalue weighted by molar-refractivity contribution is 6.42. The molecule has 7 nitrogen and oxygen atoms in total. The zero-order valence-corrected chi connectivity index (χ0v) is 18.2. The number of amides is 2. The number of hydrogen-bond acceptors (Lipinski definition) is 6. The molecule has 1 aliphatic heterocycles. The molecule has 0 spiro atoms. The molecule has 0 radical (unpaired) electrons. The van der Waals surface area contributed by atoms with Crippen molar-refractivity contribution < 1.29 is 29.0 Å². The summed E-state index contributed by atoms with van der Waals surface area (Å²) in [5, 5.41) is 11.4. The Balaban J connectivity index is 1.82. The monoisotopic (exact) mass is 453 g/mol. The van der Waals surface area contributed by atoms with Crippen LogP contribution in [0.2, 0.25) is 5.02 Å². The van der Waals surface area contributed by atoms with Crippen LogP contribution < -0.4 is 9.64 Å². The number of rotatable bonds is 6. The maximum absolute atomic E-state index is 13.4. The van der Waals surface area contributed by atoms with Crippen molar-refractivity contribution in [1.29, 1.82) is 0 Å². The van der Waals surface area contributed by atoms with Crippen LogP contribution in [0.15, 0.2) is 42.5 Å².